The number of amides is 2. The third-order valence-electron chi connectivity index (χ3n) is 3.57. The van der Waals surface area contributed by atoms with Gasteiger partial charge in [-0.2, -0.15) is 0 Å². The SMILES string of the molecule is NC(=O)C1CCCN1C(=O)C1CCCC1. The normalized spacial score (nSPS) is 27.2. The molecule has 1 atom stereocenters. The molecule has 2 N–H and O–H groups in total. The van der Waals surface area contributed by atoms with Crippen LogP contribution in [0.3, 0.4) is 0 Å². The summed E-state index contributed by atoms with van der Waals surface area (Å²) in [6.45, 7) is 0.711. The molecule has 4 heteroatoms. The number of carbonyl (C=O) groups is 2. The molecule has 2 rings (SSSR count). The maximum Gasteiger partial charge on any atom is 0.240 e. The van der Waals surface area contributed by atoms with Crippen LogP contribution in [0.25, 0.3) is 0 Å². The molecular weight excluding hydrogens is 192 g/mol. The van der Waals surface area contributed by atoms with Gasteiger partial charge in [0.2, 0.25) is 11.8 Å². The van der Waals surface area contributed by atoms with Gasteiger partial charge in [-0.15, -0.1) is 0 Å². The van der Waals surface area contributed by atoms with Crippen LogP contribution in [0.4, 0.5) is 0 Å². The summed E-state index contributed by atoms with van der Waals surface area (Å²) in [6, 6.07) is -0.335. The van der Waals surface area contributed by atoms with E-state index in [2.05, 4.69) is 0 Å². The number of hydrogen-bond acceptors (Lipinski definition) is 2. The molecule has 1 heterocycles. The number of rotatable bonds is 2. The topological polar surface area (TPSA) is 63.4 Å². The molecule has 1 unspecified atom stereocenters. The first-order chi connectivity index (χ1) is 7.20. The Labute approximate surface area is 89.8 Å². The highest BCUT2D eigenvalue weighted by molar-refractivity contribution is 5.88. The van der Waals surface area contributed by atoms with Crippen LogP contribution in [0.15, 0.2) is 0 Å². The minimum Gasteiger partial charge on any atom is -0.368 e. The van der Waals surface area contributed by atoms with Gasteiger partial charge in [0, 0.05) is 12.5 Å². The first-order valence-electron chi connectivity index (χ1n) is 5.80. The van der Waals surface area contributed by atoms with Gasteiger partial charge >= 0.3 is 0 Å². The summed E-state index contributed by atoms with van der Waals surface area (Å²) >= 11 is 0. The summed E-state index contributed by atoms with van der Waals surface area (Å²) in [5.41, 5.74) is 5.29. The van der Waals surface area contributed by atoms with E-state index in [0.29, 0.717) is 6.54 Å². The van der Waals surface area contributed by atoms with Crippen LogP contribution in [-0.4, -0.2) is 29.3 Å². The number of nitrogens with zero attached hydrogens (tertiary/aromatic N) is 1. The van der Waals surface area contributed by atoms with Gasteiger partial charge in [0.1, 0.15) is 6.04 Å². The highest BCUT2D eigenvalue weighted by Crippen LogP contribution is 2.29. The van der Waals surface area contributed by atoms with Gasteiger partial charge in [-0.05, 0) is 25.7 Å². The zero-order chi connectivity index (χ0) is 10.8. The molecule has 2 aliphatic rings. The number of primary amides is 1. The summed E-state index contributed by atoms with van der Waals surface area (Å²) < 4.78 is 0. The molecular formula is C11H18N2O2. The van der Waals surface area contributed by atoms with Crippen molar-refractivity contribution in [1.82, 2.24) is 4.90 Å². The Kier molecular flexibility index (Phi) is 2.93. The molecule has 0 bridgehead atoms. The fraction of sp³-hybridized carbons (Fsp3) is 0.818. The smallest absolute Gasteiger partial charge is 0.240 e. The van der Waals surface area contributed by atoms with E-state index < -0.39 is 0 Å². The molecule has 0 aromatic carbocycles. The summed E-state index contributed by atoms with van der Waals surface area (Å²) in [5.74, 6) is -0.0300. The van der Waals surface area contributed by atoms with Crippen LogP contribution >= 0.6 is 0 Å². The second kappa shape index (κ2) is 4.21. The van der Waals surface area contributed by atoms with Crippen molar-refractivity contribution >= 4 is 11.8 Å². The Morgan fingerprint density at radius 2 is 1.73 bits per heavy atom. The van der Waals surface area contributed by atoms with E-state index in [1.165, 1.54) is 0 Å². The molecule has 2 fully saturated rings. The Balaban J connectivity index is 2.02. The summed E-state index contributed by atoms with van der Waals surface area (Å²) in [6.07, 6.45) is 5.92. The summed E-state index contributed by atoms with van der Waals surface area (Å²) in [7, 11) is 0. The van der Waals surface area contributed by atoms with E-state index in [1.807, 2.05) is 0 Å². The third kappa shape index (κ3) is 1.98. The van der Waals surface area contributed by atoms with Gasteiger partial charge < -0.3 is 10.6 Å². The van der Waals surface area contributed by atoms with E-state index in [0.717, 1.165) is 38.5 Å². The lowest BCUT2D eigenvalue weighted by Crippen LogP contribution is -2.45. The van der Waals surface area contributed by atoms with Crippen molar-refractivity contribution in [2.75, 3.05) is 6.54 Å². The van der Waals surface area contributed by atoms with Crippen LogP contribution in [0.5, 0.6) is 0 Å². The predicted molar refractivity (Wildman–Crippen MR) is 55.9 cm³/mol. The first kappa shape index (κ1) is 10.5. The number of likely N-dealkylation sites (tertiary alicyclic amines) is 1. The summed E-state index contributed by atoms with van der Waals surface area (Å²) in [5, 5.41) is 0. The van der Waals surface area contributed by atoms with Crippen LogP contribution < -0.4 is 5.73 Å². The predicted octanol–water partition coefficient (Wildman–Crippen LogP) is 0.653. The highest BCUT2D eigenvalue weighted by atomic mass is 16.2. The number of hydrogen-bond donors (Lipinski definition) is 1. The maximum absolute atomic E-state index is 12.1. The zero-order valence-electron chi connectivity index (χ0n) is 8.95. The van der Waals surface area contributed by atoms with Crippen LogP contribution in [0, 0.1) is 5.92 Å². The minimum absolute atomic E-state index is 0.157. The molecule has 84 valence electrons. The molecule has 1 aliphatic carbocycles. The molecule has 0 spiro atoms. The Hall–Kier alpha value is -1.06. The van der Waals surface area contributed by atoms with Gasteiger partial charge in [0.25, 0.3) is 0 Å². The average Bonchev–Trinajstić information content (AvgIpc) is 2.88. The minimum atomic E-state index is -0.348. The van der Waals surface area contributed by atoms with E-state index in [1.54, 1.807) is 4.90 Å². The summed E-state index contributed by atoms with van der Waals surface area (Å²) in [4.78, 5) is 24.9. The van der Waals surface area contributed by atoms with E-state index in [4.69, 9.17) is 5.73 Å². The van der Waals surface area contributed by atoms with Gasteiger partial charge in [-0.25, -0.2) is 0 Å². The van der Waals surface area contributed by atoms with Crippen molar-refractivity contribution in [2.24, 2.45) is 11.7 Å². The Morgan fingerprint density at radius 1 is 1.07 bits per heavy atom. The lowest BCUT2D eigenvalue weighted by Gasteiger charge is -2.25. The molecule has 15 heavy (non-hydrogen) atoms. The molecule has 1 aliphatic heterocycles. The van der Waals surface area contributed by atoms with Crippen molar-refractivity contribution < 1.29 is 9.59 Å². The second-order valence-electron chi connectivity index (χ2n) is 4.57. The fourth-order valence-corrected chi connectivity index (χ4v) is 2.73. The fourth-order valence-electron chi connectivity index (χ4n) is 2.73. The third-order valence-corrected chi connectivity index (χ3v) is 3.57. The van der Waals surface area contributed by atoms with Gasteiger partial charge in [0.05, 0.1) is 0 Å². The molecule has 1 saturated heterocycles. The Morgan fingerprint density at radius 3 is 2.33 bits per heavy atom. The monoisotopic (exact) mass is 210 g/mol. The molecule has 4 nitrogen and oxygen atoms in total. The van der Waals surface area contributed by atoms with Gasteiger partial charge in [-0.3, -0.25) is 9.59 Å². The standard InChI is InChI=1S/C11H18N2O2/c12-10(14)9-6-3-7-13(9)11(15)8-4-1-2-5-8/h8-9H,1-7H2,(H2,12,14). The Bertz CT molecular complexity index is 272. The maximum atomic E-state index is 12.1. The van der Waals surface area contributed by atoms with Crippen molar-refractivity contribution in [3.05, 3.63) is 0 Å². The molecule has 1 saturated carbocycles. The van der Waals surface area contributed by atoms with Crippen LogP contribution in [-0.2, 0) is 9.59 Å². The van der Waals surface area contributed by atoms with Gasteiger partial charge in [-0.1, -0.05) is 12.8 Å². The van der Waals surface area contributed by atoms with Crippen molar-refractivity contribution in [2.45, 2.75) is 44.6 Å². The first-order valence-corrected chi connectivity index (χ1v) is 5.80. The number of nitrogens with two attached hydrogens (primary N) is 1. The zero-order valence-corrected chi connectivity index (χ0v) is 8.95. The lowest BCUT2D eigenvalue weighted by atomic mass is 10.1. The lowest BCUT2D eigenvalue weighted by molar-refractivity contribution is -0.140. The van der Waals surface area contributed by atoms with E-state index in [9.17, 15) is 9.59 Å². The van der Waals surface area contributed by atoms with E-state index >= 15 is 0 Å². The van der Waals surface area contributed by atoms with Crippen molar-refractivity contribution in [3.63, 3.8) is 0 Å². The second-order valence-corrected chi connectivity index (χ2v) is 4.57. The largest absolute Gasteiger partial charge is 0.368 e. The van der Waals surface area contributed by atoms with Crippen molar-refractivity contribution in [3.8, 4) is 0 Å². The van der Waals surface area contributed by atoms with Crippen LogP contribution in [0.1, 0.15) is 38.5 Å². The molecule has 0 aromatic heterocycles. The van der Waals surface area contributed by atoms with Crippen molar-refractivity contribution in [1.29, 1.82) is 0 Å². The van der Waals surface area contributed by atoms with E-state index in [-0.39, 0.29) is 23.8 Å². The average molecular weight is 210 g/mol. The number of carbonyl (C=O) groups excluding carboxylic acids is 2. The highest BCUT2D eigenvalue weighted by Gasteiger charge is 2.36. The molecule has 0 radical (unpaired) electrons. The quantitative estimate of drug-likeness (QED) is 0.727. The molecule has 2 amide bonds. The molecule has 0 aromatic rings. The van der Waals surface area contributed by atoms with Gasteiger partial charge in [0.15, 0.2) is 0 Å². The van der Waals surface area contributed by atoms with Crippen LogP contribution in [0.2, 0.25) is 0 Å².